The van der Waals surface area contributed by atoms with Gasteiger partial charge in [-0.15, -0.1) is 0 Å². The van der Waals surface area contributed by atoms with E-state index in [0.29, 0.717) is 22.9 Å². The minimum absolute atomic E-state index is 0.329. The number of nitrogens with zero attached hydrogens (tertiary/aromatic N) is 4. The molecule has 2 atom stereocenters. The lowest BCUT2D eigenvalue weighted by Crippen LogP contribution is -2.69. The van der Waals surface area contributed by atoms with E-state index in [0.717, 1.165) is 26.1 Å². The molecule has 0 aliphatic carbocycles. The summed E-state index contributed by atoms with van der Waals surface area (Å²) in [6.07, 6.45) is 6.26. The zero-order valence-corrected chi connectivity index (χ0v) is 12.7. The third-order valence-corrected chi connectivity index (χ3v) is 4.66. The van der Waals surface area contributed by atoms with E-state index in [1.54, 1.807) is 0 Å². The lowest BCUT2D eigenvalue weighted by atomic mass is 9.87. The molecule has 5 heterocycles. The molecular weight excluding hydrogens is 303 g/mol. The molecule has 2 aromatic rings. The van der Waals surface area contributed by atoms with Crippen LogP contribution in [0.5, 0.6) is 0 Å². The number of anilines is 1. The van der Waals surface area contributed by atoms with Crippen LogP contribution < -0.4 is 4.90 Å². The number of piperazine rings is 1. The molecule has 4 nitrogen and oxygen atoms in total. The van der Waals surface area contributed by atoms with Gasteiger partial charge in [-0.05, 0) is 30.2 Å². The first-order valence-electron chi connectivity index (χ1n) is 7.41. The zero-order valence-electron chi connectivity index (χ0n) is 12.0. The van der Waals surface area contributed by atoms with Crippen LogP contribution in [-0.4, -0.2) is 40.0 Å². The second-order valence-corrected chi connectivity index (χ2v) is 6.40. The highest BCUT2D eigenvalue weighted by atomic mass is 35.5. The molecule has 0 aromatic carbocycles. The maximum Gasteiger partial charge on any atom is 0.167 e. The third-order valence-electron chi connectivity index (χ3n) is 4.46. The SMILES string of the molecule is Fc1cc(Cl)cnc1N1C2CC1CN(Cc1ccncc1)C2. The van der Waals surface area contributed by atoms with Crippen molar-refractivity contribution in [3.63, 3.8) is 0 Å². The Hall–Kier alpha value is -1.72. The Balaban J connectivity index is 1.46. The molecule has 0 amide bonds. The Labute approximate surface area is 133 Å². The summed E-state index contributed by atoms with van der Waals surface area (Å²) in [5, 5.41) is 0.339. The lowest BCUT2D eigenvalue weighted by molar-refractivity contribution is 0.107. The standard InChI is InChI=1S/C16H16ClFN4/c17-12-5-15(18)16(20-7-12)22-13-6-14(22)10-21(9-13)8-11-1-3-19-4-2-11/h1-5,7,13-14H,6,8-10H2. The first-order chi connectivity index (χ1) is 10.7. The van der Waals surface area contributed by atoms with Gasteiger partial charge in [0.25, 0.3) is 0 Å². The quantitative estimate of drug-likeness (QED) is 0.871. The molecule has 0 N–H and O–H groups in total. The molecule has 5 rings (SSSR count). The summed E-state index contributed by atoms with van der Waals surface area (Å²) in [4.78, 5) is 12.7. The van der Waals surface area contributed by atoms with Crippen LogP contribution in [-0.2, 0) is 6.54 Å². The van der Waals surface area contributed by atoms with Crippen LogP contribution in [0.25, 0.3) is 0 Å². The molecule has 3 fully saturated rings. The average Bonchev–Trinajstić information content (AvgIpc) is 2.51. The van der Waals surface area contributed by atoms with E-state index in [-0.39, 0.29) is 5.82 Å². The summed E-state index contributed by atoms with van der Waals surface area (Å²) in [6.45, 7) is 2.78. The second kappa shape index (κ2) is 5.48. The highest BCUT2D eigenvalue weighted by Gasteiger charge is 2.46. The van der Waals surface area contributed by atoms with Gasteiger partial charge in [0.05, 0.1) is 5.02 Å². The highest BCUT2D eigenvalue weighted by Crippen LogP contribution is 2.37. The molecule has 6 heteroatoms. The Morgan fingerprint density at radius 2 is 1.95 bits per heavy atom. The number of aromatic nitrogens is 2. The van der Waals surface area contributed by atoms with E-state index in [4.69, 9.17) is 11.6 Å². The number of hydrogen-bond donors (Lipinski definition) is 0. The minimum Gasteiger partial charge on any atom is -0.345 e. The minimum atomic E-state index is -0.329. The topological polar surface area (TPSA) is 32.3 Å². The van der Waals surface area contributed by atoms with Crippen molar-refractivity contribution < 1.29 is 4.39 Å². The predicted molar refractivity (Wildman–Crippen MR) is 83.4 cm³/mol. The summed E-state index contributed by atoms with van der Waals surface area (Å²) in [5.74, 6) is 0.110. The second-order valence-electron chi connectivity index (χ2n) is 5.96. The number of piperidine rings is 1. The molecule has 0 saturated carbocycles. The van der Waals surface area contributed by atoms with Crippen LogP contribution in [0, 0.1) is 5.82 Å². The van der Waals surface area contributed by atoms with E-state index in [2.05, 4.69) is 19.8 Å². The predicted octanol–water partition coefficient (Wildman–Crippen LogP) is 2.73. The van der Waals surface area contributed by atoms with Crippen molar-refractivity contribution >= 4 is 17.4 Å². The van der Waals surface area contributed by atoms with Crippen LogP contribution in [0.15, 0.2) is 36.8 Å². The van der Waals surface area contributed by atoms with Gasteiger partial charge in [-0.3, -0.25) is 9.88 Å². The van der Waals surface area contributed by atoms with E-state index in [1.165, 1.54) is 17.8 Å². The van der Waals surface area contributed by atoms with Gasteiger partial charge in [0.15, 0.2) is 11.6 Å². The largest absolute Gasteiger partial charge is 0.345 e. The fraction of sp³-hybridized carbons (Fsp3) is 0.375. The average molecular weight is 319 g/mol. The maximum atomic E-state index is 14.1. The monoisotopic (exact) mass is 318 g/mol. The van der Waals surface area contributed by atoms with Gasteiger partial charge in [-0.2, -0.15) is 0 Å². The summed E-state index contributed by atoms with van der Waals surface area (Å²) in [5.41, 5.74) is 1.26. The van der Waals surface area contributed by atoms with Crippen molar-refractivity contribution in [3.8, 4) is 0 Å². The van der Waals surface area contributed by atoms with Gasteiger partial charge in [0.1, 0.15) is 0 Å². The van der Waals surface area contributed by atoms with Gasteiger partial charge in [-0.1, -0.05) is 11.6 Å². The van der Waals surface area contributed by atoms with Gasteiger partial charge < -0.3 is 4.90 Å². The summed E-state index contributed by atoms with van der Waals surface area (Å²) < 4.78 is 14.1. The molecule has 114 valence electrons. The third kappa shape index (κ3) is 2.44. The molecule has 2 unspecified atom stereocenters. The lowest BCUT2D eigenvalue weighted by Gasteiger charge is -2.57. The Kier molecular flexibility index (Phi) is 3.47. The number of rotatable bonds is 3. The van der Waals surface area contributed by atoms with Crippen LogP contribution >= 0.6 is 11.6 Å². The van der Waals surface area contributed by atoms with Crippen LogP contribution in [0.2, 0.25) is 5.02 Å². The van der Waals surface area contributed by atoms with Gasteiger partial charge >= 0.3 is 0 Å². The molecule has 2 bridgehead atoms. The zero-order chi connectivity index (χ0) is 15.1. The molecule has 2 aromatic heterocycles. The normalized spacial score (nSPS) is 24.2. The van der Waals surface area contributed by atoms with E-state index in [1.807, 2.05) is 24.5 Å². The number of halogens is 2. The molecule has 0 spiro atoms. The summed E-state index contributed by atoms with van der Waals surface area (Å²) in [7, 11) is 0. The molecule has 0 radical (unpaired) electrons. The van der Waals surface area contributed by atoms with Crippen molar-refractivity contribution in [2.24, 2.45) is 0 Å². The molecule has 3 aliphatic rings. The molecule has 22 heavy (non-hydrogen) atoms. The maximum absolute atomic E-state index is 14.1. The van der Waals surface area contributed by atoms with Crippen molar-refractivity contribution in [1.29, 1.82) is 0 Å². The first-order valence-corrected chi connectivity index (χ1v) is 7.79. The van der Waals surface area contributed by atoms with Crippen molar-refractivity contribution in [3.05, 3.63) is 53.2 Å². The van der Waals surface area contributed by atoms with Gasteiger partial charge in [0.2, 0.25) is 0 Å². The number of hydrogen-bond acceptors (Lipinski definition) is 4. The Morgan fingerprint density at radius 3 is 2.64 bits per heavy atom. The Morgan fingerprint density at radius 1 is 1.23 bits per heavy atom. The van der Waals surface area contributed by atoms with Gasteiger partial charge in [0, 0.05) is 50.3 Å². The molecule has 3 aliphatic heterocycles. The highest BCUT2D eigenvalue weighted by molar-refractivity contribution is 6.30. The van der Waals surface area contributed by atoms with Gasteiger partial charge in [-0.25, -0.2) is 9.37 Å². The van der Waals surface area contributed by atoms with Crippen LogP contribution in [0.4, 0.5) is 10.2 Å². The fourth-order valence-electron chi connectivity index (χ4n) is 3.52. The smallest absolute Gasteiger partial charge is 0.167 e. The van der Waals surface area contributed by atoms with E-state index in [9.17, 15) is 4.39 Å². The molecular formula is C16H16ClFN4. The number of pyridine rings is 2. The number of fused-ring (bicyclic) bond motifs is 2. The van der Waals surface area contributed by atoms with Crippen LogP contribution in [0.1, 0.15) is 12.0 Å². The first kappa shape index (κ1) is 13.9. The molecule has 3 saturated heterocycles. The van der Waals surface area contributed by atoms with Crippen LogP contribution in [0.3, 0.4) is 0 Å². The van der Waals surface area contributed by atoms with Crippen molar-refractivity contribution in [2.75, 3.05) is 18.0 Å². The van der Waals surface area contributed by atoms with E-state index >= 15 is 0 Å². The summed E-state index contributed by atoms with van der Waals surface area (Å²) in [6, 6.07) is 6.09. The Bertz CT molecular complexity index is 669. The summed E-state index contributed by atoms with van der Waals surface area (Å²) >= 11 is 5.78. The van der Waals surface area contributed by atoms with Crippen molar-refractivity contribution in [2.45, 2.75) is 25.0 Å². The fourth-order valence-corrected chi connectivity index (χ4v) is 3.66. The van der Waals surface area contributed by atoms with Crippen molar-refractivity contribution in [1.82, 2.24) is 14.9 Å². The van der Waals surface area contributed by atoms with E-state index < -0.39 is 0 Å².